The van der Waals surface area contributed by atoms with Gasteiger partial charge in [0.2, 0.25) is 0 Å². The lowest BCUT2D eigenvalue weighted by molar-refractivity contribution is 0.319. The smallest absolute Gasteiger partial charge is 0.156 e. The molecule has 21 heavy (non-hydrogen) atoms. The predicted molar refractivity (Wildman–Crippen MR) is 80.0 cm³/mol. The Morgan fingerprint density at radius 2 is 1.43 bits per heavy atom. The van der Waals surface area contributed by atoms with Gasteiger partial charge in [-0.1, -0.05) is 12.1 Å². The first-order valence-corrected chi connectivity index (χ1v) is 9.83. The fraction of sp³-hybridized carbons (Fsp3) is 0.500. The van der Waals surface area contributed by atoms with Gasteiger partial charge in [0.1, 0.15) is 0 Å². The number of anilines is 1. The summed E-state index contributed by atoms with van der Waals surface area (Å²) in [5.41, 5.74) is 6.74. The number of aliphatic hydroxyl groups is 2. The van der Waals surface area contributed by atoms with Crippen molar-refractivity contribution in [3.63, 3.8) is 0 Å². The van der Waals surface area contributed by atoms with Crippen molar-refractivity contribution in [1.82, 2.24) is 0 Å². The van der Waals surface area contributed by atoms with E-state index in [1.165, 1.54) is 18.2 Å². The normalized spacial score (nSPS) is 12.5. The number of nitrogens with two attached hydrogens (primary N) is 1. The second-order valence-corrected chi connectivity index (χ2v) is 9.03. The van der Waals surface area contributed by atoms with Gasteiger partial charge in [-0.25, -0.2) is 16.8 Å². The van der Waals surface area contributed by atoms with Crippen LogP contribution < -0.4 is 5.73 Å². The highest BCUT2D eigenvalue weighted by molar-refractivity contribution is 7.90. The van der Waals surface area contributed by atoms with Crippen LogP contribution in [0.3, 0.4) is 0 Å². The van der Waals surface area contributed by atoms with Gasteiger partial charge >= 0.3 is 0 Å². The molecule has 0 bridgehead atoms. The lowest BCUT2D eigenvalue weighted by Crippen LogP contribution is -2.14. The summed E-state index contributed by atoms with van der Waals surface area (Å²) in [7, 11) is -6.86. The Bertz CT molecular complexity index is 682. The molecule has 0 atom stereocenters. The monoisotopic (exact) mass is 337 g/mol. The van der Waals surface area contributed by atoms with E-state index >= 15 is 0 Å². The van der Waals surface area contributed by atoms with Gasteiger partial charge < -0.3 is 15.9 Å². The van der Waals surface area contributed by atoms with Crippen molar-refractivity contribution < 1.29 is 27.0 Å². The summed E-state index contributed by atoms with van der Waals surface area (Å²) in [4.78, 5) is 0. The van der Waals surface area contributed by atoms with Gasteiger partial charge in [-0.2, -0.15) is 0 Å². The standard InChI is InChI=1S/C12H19NO6S2/c13-12-7-10(8-20(16,17)5-3-14)1-2-11(12)9-21(18,19)6-4-15/h1-2,7,14-15H,3-6,8-9,13H2. The Morgan fingerprint density at radius 3 is 1.90 bits per heavy atom. The van der Waals surface area contributed by atoms with E-state index in [-0.39, 0.29) is 28.7 Å². The molecule has 0 aliphatic heterocycles. The highest BCUT2D eigenvalue weighted by atomic mass is 32.2. The Labute approximate surface area is 124 Å². The molecule has 1 aromatic rings. The van der Waals surface area contributed by atoms with Crippen LogP contribution in [0, 0.1) is 0 Å². The first kappa shape index (κ1) is 17.9. The van der Waals surface area contributed by atoms with E-state index in [0.717, 1.165) is 0 Å². The van der Waals surface area contributed by atoms with Gasteiger partial charge in [0.05, 0.1) is 36.2 Å². The van der Waals surface area contributed by atoms with Gasteiger partial charge in [0, 0.05) is 5.69 Å². The molecule has 0 aliphatic carbocycles. The molecule has 4 N–H and O–H groups in total. The second kappa shape index (κ2) is 7.21. The molecular weight excluding hydrogens is 318 g/mol. The maximum Gasteiger partial charge on any atom is 0.156 e. The number of aliphatic hydroxyl groups excluding tert-OH is 2. The molecular formula is C12H19NO6S2. The zero-order valence-corrected chi connectivity index (χ0v) is 13.0. The van der Waals surface area contributed by atoms with Crippen LogP contribution in [-0.2, 0) is 31.2 Å². The lowest BCUT2D eigenvalue weighted by atomic mass is 10.1. The van der Waals surface area contributed by atoms with Crippen molar-refractivity contribution in [2.45, 2.75) is 11.5 Å². The summed E-state index contributed by atoms with van der Waals surface area (Å²) in [6.45, 7) is -0.908. The molecule has 9 heteroatoms. The van der Waals surface area contributed by atoms with Crippen molar-refractivity contribution in [2.75, 3.05) is 30.5 Å². The van der Waals surface area contributed by atoms with Crippen LogP contribution in [0.4, 0.5) is 5.69 Å². The fourth-order valence-electron chi connectivity index (χ4n) is 1.78. The van der Waals surface area contributed by atoms with Gasteiger partial charge in [0.25, 0.3) is 0 Å². The first-order chi connectivity index (χ1) is 9.69. The molecule has 0 radical (unpaired) electrons. The molecule has 0 heterocycles. The van der Waals surface area contributed by atoms with E-state index in [1.54, 1.807) is 0 Å². The van der Waals surface area contributed by atoms with Crippen LogP contribution in [0.15, 0.2) is 18.2 Å². The third-order valence-corrected chi connectivity index (χ3v) is 5.91. The maximum absolute atomic E-state index is 11.6. The van der Waals surface area contributed by atoms with E-state index < -0.39 is 32.9 Å². The van der Waals surface area contributed by atoms with E-state index in [4.69, 9.17) is 15.9 Å². The van der Waals surface area contributed by atoms with Gasteiger partial charge in [0.15, 0.2) is 19.7 Å². The predicted octanol–water partition coefficient (Wildman–Crippen LogP) is -0.917. The third kappa shape index (κ3) is 6.00. The molecule has 0 amide bonds. The molecule has 0 aliphatic rings. The number of nitrogen functional groups attached to an aromatic ring is 1. The average Bonchev–Trinajstić information content (AvgIpc) is 2.31. The molecule has 7 nitrogen and oxygen atoms in total. The summed E-state index contributed by atoms with van der Waals surface area (Å²) < 4.78 is 46.4. The highest BCUT2D eigenvalue weighted by Gasteiger charge is 2.15. The highest BCUT2D eigenvalue weighted by Crippen LogP contribution is 2.19. The molecule has 1 rings (SSSR count). The topological polar surface area (TPSA) is 135 Å². The number of hydrogen-bond donors (Lipinski definition) is 3. The molecule has 0 aromatic heterocycles. The zero-order chi connectivity index (χ0) is 16.1. The van der Waals surface area contributed by atoms with Crippen LogP contribution in [-0.4, -0.2) is 51.8 Å². The summed E-state index contributed by atoms with van der Waals surface area (Å²) in [5, 5.41) is 17.3. The zero-order valence-electron chi connectivity index (χ0n) is 11.4. The Morgan fingerprint density at radius 1 is 0.905 bits per heavy atom. The van der Waals surface area contributed by atoms with Crippen LogP contribution in [0.25, 0.3) is 0 Å². The van der Waals surface area contributed by atoms with Gasteiger partial charge in [-0.3, -0.25) is 0 Å². The molecule has 0 unspecified atom stereocenters. The Kier molecular flexibility index (Phi) is 6.14. The Balaban J connectivity index is 2.91. The minimum Gasteiger partial charge on any atom is -0.398 e. The number of hydrogen-bond acceptors (Lipinski definition) is 7. The summed E-state index contributed by atoms with van der Waals surface area (Å²) >= 11 is 0. The number of rotatable bonds is 8. The quantitative estimate of drug-likeness (QED) is 0.522. The number of sulfone groups is 2. The minimum absolute atomic E-state index is 0.188. The molecule has 120 valence electrons. The average molecular weight is 337 g/mol. The van der Waals surface area contributed by atoms with Gasteiger partial charge in [-0.15, -0.1) is 0 Å². The molecule has 1 aromatic carbocycles. The molecule has 0 spiro atoms. The van der Waals surface area contributed by atoms with Crippen molar-refractivity contribution >= 4 is 25.4 Å². The van der Waals surface area contributed by atoms with E-state index in [1.807, 2.05) is 0 Å². The van der Waals surface area contributed by atoms with E-state index in [9.17, 15) is 16.8 Å². The molecule has 0 saturated carbocycles. The third-order valence-electron chi connectivity index (χ3n) is 2.78. The molecule has 0 saturated heterocycles. The van der Waals surface area contributed by atoms with Crippen LogP contribution in [0.1, 0.15) is 11.1 Å². The largest absolute Gasteiger partial charge is 0.398 e. The molecule has 0 fully saturated rings. The van der Waals surface area contributed by atoms with Crippen molar-refractivity contribution in [1.29, 1.82) is 0 Å². The summed E-state index contributed by atoms with van der Waals surface area (Å²) in [5.74, 6) is -1.25. The summed E-state index contributed by atoms with van der Waals surface area (Å²) in [6.07, 6.45) is 0. The van der Waals surface area contributed by atoms with Crippen molar-refractivity contribution in [3.05, 3.63) is 29.3 Å². The van der Waals surface area contributed by atoms with Crippen molar-refractivity contribution in [2.24, 2.45) is 0 Å². The van der Waals surface area contributed by atoms with Crippen LogP contribution >= 0.6 is 0 Å². The van der Waals surface area contributed by atoms with Crippen LogP contribution in [0.5, 0.6) is 0 Å². The SMILES string of the molecule is Nc1cc(CS(=O)(=O)CCO)ccc1CS(=O)(=O)CCO. The maximum atomic E-state index is 11.6. The fourth-order valence-corrected chi connectivity index (χ4v) is 4.05. The number of benzene rings is 1. The first-order valence-electron chi connectivity index (χ1n) is 6.19. The van der Waals surface area contributed by atoms with Gasteiger partial charge in [-0.05, 0) is 17.2 Å². The summed E-state index contributed by atoms with van der Waals surface area (Å²) in [6, 6.07) is 4.38. The lowest BCUT2D eigenvalue weighted by Gasteiger charge is -2.09. The van der Waals surface area contributed by atoms with E-state index in [2.05, 4.69) is 0 Å². The Hall–Kier alpha value is -1.16. The minimum atomic E-state index is -3.45. The van der Waals surface area contributed by atoms with Crippen LogP contribution in [0.2, 0.25) is 0 Å². The second-order valence-electron chi connectivity index (χ2n) is 4.66. The van der Waals surface area contributed by atoms with Crippen molar-refractivity contribution in [3.8, 4) is 0 Å². The van der Waals surface area contributed by atoms with E-state index in [0.29, 0.717) is 11.1 Å².